The molecule has 2 heterocycles. The van der Waals surface area contributed by atoms with E-state index in [1.54, 1.807) is 18.5 Å². The summed E-state index contributed by atoms with van der Waals surface area (Å²) in [6, 6.07) is 0. The van der Waals surface area contributed by atoms with Gasteiger partial charge in [-0.1, -0.05) is 6.58 Å². The molecule has 0 fully saturated rings. The largest absolute Gasteiger partial charge is 0.283 e. The van der Waals surface area contributed by atoms with E-state index in [1.165, 1.54) is 0 Å². The summed E-state index contributed by atoms with van der Waals surface area (Å²) in [5, 5.41) is 0. The van der Waals surface area contributed by atoms with Crippen LogP contribution in [0, 0.1) is 0 Å². The lowest BCUT2D eigenvalue weighted by atomic mass is 10.5. The Morgan fingerprint density at radius 2 is 2.25 bits per heavy atom. The lowest BCUT2D eigenvalue weighted by Gasteiger charge is -1.95. The van der Waals surface area contributed by atoms with Crippen molar-refractivity contribution in [3.8, 4) is 0 Å². The highest BCUT2D eigenvalue weighted by Gasteiger charge is 1.99. The first kappa shape index (κ1) is 7.49. The fourth-order valence-electron chi connectivity index (χ4n) is 1.03. The molecule has 0 aliphatic rings. The smallest absolute Gasteiger partial charge is 0.156 e. The minimum atomic E-state index is 0.804. The number of fused-ring (bicyclic) bond motifs is 1. The molecule has 12 heavy (non-hydrogen) atoms. The maximum atomic E-state index is 4.16. The van der Waals surface area contributed by atoms with Crippen LogP contribution >= 0.6 is 15.9 Å². The predicted octanol–water partition coefficient (Wildman–Crippen LogP) is 2.13. The highest BCUT2D eigenvalue weighted by Crippen LogP contribution is 2.11. The zero-order valence-electron chi connectivity index (χ0n) is 6.24. The summed E-state index contributed by atoms with van der Waals surface area (Å²) in [4.78, 5) is 8.27. The fraction of sp³-hybridized carbons (Fsp3) is 0. The standard InChI is InChI=1S/C8H6BrN3/c1-2-7-11-4-8-10-3-6(9)5-12(7)8/h2-5H,1H2. The van der Waals surface area contributed by atoms with Crippen LogP contribution in [-0.4, -0.2) is 14.4 Å². The van der Waals surface area contributed by atoms with Crippen LogP contribution in [0.1, 0.15) is 5.82 Å². The molecule has 0 aliphatic heterocycles. The van der Waals surface area contributed by atoms with Gasteiger partial charge in [0, 0.05) is 12.4 Å². The Morgan fingerprint density at radius 1 is 1.42 bits per heavy atom. The maximum Gasteiger partial charge on any atom is 0.156 e. The normalized spacial score (nSPS) is 10.4. The summed E-state index contributed by atoms with van der Waals surface area (Å²) >= 11 is 3.34. The lowest BCUT2D eigenvalue weighted by molar-refractivity contribution is 1.08. The minimum absolute atomic E-state index is 0.804. The molecule has 0 saturated heterocycles. The number of hydrogen-bond acceptors (Lipinski definition) is 2. The summed E-state index contributed by atoms with van der Waals surface area (Å²) in [6.45, 7) is 3.66. The van der Waals surface area contributed by atoms with Gasteiger partial charge in [0.1, 0.15) is 5.82 Å². The van der Waals surface area contributed by atoms with Crippen molar-refractivity contribution >= 4 is 27.7 Å². The van der Waals surface area contributed by atoms with Gasteiger partial charge >= 0.3 is 0 Å². The Morgan fingerprint density at radius 3 is 3.00 bits per heavy atom. The third kappa shape index (κ3) is 1.04. The van der Waals surface area contributed by atoms with Gasteiger partial charge in [0.15, 0.2) is 5.65 Å². The van der Waals surface area contributed by atoms with Gasteiger partial charge in [0.2, 0.25) is 0 Å². The topological polar surface area (TPSA) is 30.2 Å². The second-order valence-corrected chi connectivity index (χ2v) is 3.24. The average Bonchev–Trinajstić information content (AvgIpc) is 2.46. The third-order valence-electron chi connectivity index (χ3n) is 1.56. The molecule has 0 unspecified atom stereocenters. The van der Waals surface area contributed by atoms with Gasteiger partial charge < -0.3 is 0 Å². The van der Waals surface area contributed by atoms with E-state index >= 15 is 0 Å². The molecule has 0 radical (unpaired) electrons. The molecule has 60 valence electrons. The molecule has 0 bridgehead atoms. The number of imidazole rings is 1. The molecule has 0 aliphatic carbocycles. The van der Waals surface area contributed by atoms with Crippen LogP contribution in [0.15, 0.2) is 29.6 Å². The quantitative estimate of drug-likeness (QED) is 0.742. The van der Waals surface area contributed by atoms with E-state index in [1.807, 2.05) is 10.6 Å². The van der Waals surface area contributed by atoms with E-state index in [9.17, 15) is 0 Å². The number of nitrogens with zero attached hydrogens (tertiary/aromatic N) is 3. The van der Waals surface area contributed by atoms with Crippen LogP contribution in [0.4, 0.5) is 0 Å². The molecule has 4 heteroatoms. The van der Waals surface area contributed by atoms with Gasteiger partial charge in [-0.05, 0) is 22.0 Å². The Labute approximate surface area is 77.9 Å². The first-order valence-corrected chi connectivity index (χ1v) is 4.21. The van der Waals surface area contributed by atoms with E-state index < -0.39 is 0 Å². The molecule has 0 amide bonds. The number of hydrogen-bond donors (Lipinski definition) is 0. The number of rotatable bonds is 1. The van der Waals surface area contributed by atoms with E-state index in [4.69, 9.17) is 0 Å². The third-order valence-corrected chi connectivity index (χ3v) is 1.97. The number of halogens is 1. The van der Waals surface area contributed by atoms with Gasteiger partial charge in [-0.2, -0.15) is 0 Å². The molecule has 0 aromatic carbocycles. The fourth-order valence-corrected chi connectivity index (χ4v) is 1.34. The Kier molecular flexibility index (Phi) is 1.69. The van der Waals surface area contributed by atoms with Crippen LogP contribution in [0.3, 0.4) is 0 Å². The molecular weight excluding hydrogens is 218 g/mol. The van der Waals surface area contributed by atoms with Crippen molar-refractivity contribution in [1.82, 2.24) is 14.4 Å². The zero-order valence-corrected chi connectivity index (χ0v) is 7.82. The van der Waals surface area contributed by atoms with Crippen molar-refractivity contribution in [2.24, 2.45) is 0 Å². The summed E-state index contributed by atoms with van der Waals surface area (Å²) < 4.78 is 2.80. The monoisotopic (exact) mass is 223 g/mol. The van der Waals surface area contributed by atoms with E-state index in [0.29, 0.717) is 0 Å². The van der Waals surface area contributed by atoms with E-state index in [0.717, 1.165) is 15.9 Å². The van der Waals surface area contributed by atoms with Crippen molar-refractivity contribution in [3.05, 3.63) is 35.5 Å². The van der Waals surface area contributed by atoms with E-state index in [2.05, 4.69) is 32.5 Å². The minimum Gasteiger partial charge on any atom is -0.283 e. The second kappa shape index (κ2) is 2.71. The summed E-state index contributed by atoms with van der Waals surface area (Å²) in [5.41, 5.74) is 0.827. The molecule has 2 rings (SSSR count). The van der Waals surface area contributed by atoms with Crippen LogP contribution in [0.2, 0.25) is 0 Å². The van der Waals surface area contributed by atoms with Gasteiger partial charge in [0.25, 0.3) is 0 Å². The predicted molar refractivity (Wildman–Crippen MR) is 50.8 cm³/mol. The first-order chi connectivity index (χ1) is 5.81. The van der Waals surface area contributed by atoms with Gasteiger partial charge in [-0.25, -0.2) is 9.97 Å². The highest BCUT2D eigenvalue weighted by molar-refractivity contribution is 9.10. The molecule has 0 atom stereocenters. The van der Waals surface area contributed by atoms with Crippen LogP contribution in [-0.2, 0) is 0 Å². The van der Waals surface area contributed by atoms with Crippen molar-refractivity contribution in [2.45, 2.75) is 0 Å². The Hall–Kier alpha value is -1.16. The van der Waals surface area contributed by atoms with Gasteiger partial charge in [-0.3, -0.25) is 4.40 Å². The van der Waals surface area contributed by atoms with Gasteiger partial charge in [-0.15, -0.1) is 0 Å². The van der Waals surface area contributed by atoms with Crippen molar-refractivity contribution in [1.29, 1.82) is 0 Å². The SMILES string of the molecule is C=Cc1ncc2ncc(Br)cn12. The van der Waals surface area contributed by atoms with Crippen LogP contribution < -0.4 is 0 Å². The van der Waals surface area contributed by atoms with Gasteiger partial charge in [0.05, 0.1) is 10.7 Å². The Bertz CT molecular complexity index is 433. The molecule has 3 nitrogen and oxygen atoms in total. The molecule has 2 aromatic heterocycles. The summed E-state index contributed by atoms with van der Waals surface area (Å²) in [6.07, 6.45) is 7.06. The lowest BCUT2D eigenvalue weighted by Crippen LogP contribution is -1.89. The van der Waals surface area contributed by atoms with Crippen molar-refractivity contribution in [2.75, 3.05) is 0 Å². The maximum absolute atomic E-state index is 4.16. The molecule has 0 spiro atoms. The van der Waals surface area contributed by atoms with Crippen LogP contribution in [0.25, 0.3) is 11.7 Å². The summed E-state index contributed by atoms with van der Waals surface area (Å²) in [5.74, 6) is 0.804. The van der Waals surface area contributed by atoms with E-state index in [-0.39, 0.29) is 0 Å². The van der Waals surface area contributed by atoms with Crippen LogP contribution in [0.5, 0.6) is 0 Å². The van der Waals surface area contributed by atoms with Crippen molar-refractivity contribution < 1.29 is 0 Å². The molecule has 2 aromatic rings. The molecule has 0 N–H and O–H groups in total. The Balaban J connectivity index is 2.83. The second-order valence-electron chi connectivity index (χ2n) is 2.32. The van der Waals surface area contributed by atoms with Crippen molar-refractivity contribution in [3.63, 3.8) is 0 Å². The molecular formula is C8H6BrN3. The average molecular weight is 224 g/mol. The summed E-state index contributed by atoms with van der Waals surface area (Å²) in [7, 11) is 0. The number of aromatic nitrogens is 3. The molecule has 0 saturated carbocycles. The highest BCUT2D eigenvalue weighted by atomic mass is 79.9. The first-order valence-electron chi connectivity index (χ1n) is 3.42. The zero-order chi connectivity index (χ0) is 8.55.